The first-order chi connectivity index (χ1) is 9.69. The van der Waals surface area contributed by atoms with Gasteiger partial charge in [0.2, 0.25) is 11.8 Å². The first kappa shape index (κ1) is 14.2. The Hall–Kier alpha value is -2.24. The Balaban J connectivity index is 1.89. The van der Waals surface area contributed by atoms with Crippen LogP contribution in [0.15, 0.2) is 18.2 Å². The summed E-state index contributed by atoms with van der Waals surface area (Å²) in [6.45, 7) is 3.55. The van der Waals surface area contributed by atoms with Crippen molar-refractivity contribution in [3.8, 4) is 11.5 Å². The number of nitrogens with one attached hydrogen (secondary N) is 2. The van der Waals surface area contributed by atoms with Crippen LogP contribution in [-0.4, -0.2) is 31.6 Å². The van der Waals surface area contributed by atoms with Gasteiger partial charge in [0.25, 0.3) is 0 Å². The highest BCUT2D eigenvalue weighted by Crippen LogP contribution is 2.32. The van der Waals surface area contributed by atoms with Crippen LogP contribution in [0.2, 0.25) is 0 Å². The van der Waals surface area contributed by atoms with E-state index >= 15 is 0 Å². The zero-order valence-corrected chi connectivity index (χ0v) is 11.4. The smallest absolute Gasteiger partial charge is 0.233 e. The van der Waals surface area contributed by atoms with E-state index in [0.29, 0.717) is 36.9 Å². The van der Waals surface area contributed by atoms with Crippen LogP contribution < -0.4 is 20.1 Å². The molecule has 1 aromatic carbocycles. The van der Waals surface area contributed by atoms with Crippen LogP contribution >= 0.6 is 0 Å². The predicted octanol–water partition coefficient (Wildman–Crippen LogP) is 1.31. The summed E-state index contributed by atoms with van der Waals surface area (Å²) in [6, 6.07) is 5.15. The minimum Gasteiger partial charge on any atom is -0.486 e. The van der Waals surface area contributed by atoms with E-state index in [2.05, 4.69) is 10.6 Å². The van der Waals surface area contributed by atoms with Gasteiger partial charge in [-0.15, -0.1) is 0 Å². The van der Waals surface area contributed by atoms with E-state index in [1.807, 2.05) is 6.92 Å². The summed E-state index contributed by atoms with van der Waals surface area (Å²) in [5.74, 6) is 0.636. The normalized spacial score (nSPS) is 12.7. The lowest BCUT2D eigenvalue weighted by Gasteiger charge is -2.19. The van der Waals surface area contributed by atoms with Crippen molar-refractivity contribution in [1.29, 1.82) is 0 Å². The summed E-state index contributed by atoms with van der Waals surface area (Å²) in [6.07, 6.45) is 0.657. The molecule has 1 aromatic rings. The van der Waals surface area contributed by atoms with Gasteiger partial charge >= 0.3 is 0 Å². The summed E-state index contributed by atoms with van der Waals surface area (Å²) in [4.78, 5) is 23.1. The molecule has 108 valence electrons. The van der Waals surface area contributed by atoms with Gasteiger partial charge < -0.3 is 20.1 Å². The molecule has 2 N–H and O–H groups in total. The maximum atomic E-state index is 11.7. The van der Waals surface area contributed by atoms with Gasteiger partial charge in [-0.1, -0.05) is 6.92 Å². The molecular formula is C14H18N2O4. The number of amides is 2. The third-order valence-electron chi connectivity index (χ3n) is 2.72. The second kappa shape index (κ2) is 6.79. The first-order valence-electron chi connectivity index (χ1n) is 6.65. The fraction of sp³-hybridized carbons (Fsp3) is 0.429. The molecule has 1 aliphatic rings. The van der Waals surface area contributed by atoms with Crippen LogP contribution in [0.1, 0.15) is 19.8 Å². The monoisotopic (exact) mass is 278 g/mol. The molecule has 1 heterocycles. The van der Waals surface area contributed by atoms with E-state index in [9.17, 15) is 9.59 Å². The highest BCUT2D eigenvalue weighted by Gasteiger charge is 2.14. The molecule has 2 amide bonds. The largest absolute Gasteiger partial charge is 0.486 e. The van der Waals surface area contributed by atoms with E-state index in [-0.39, 0.29) is 18.2 Å². The van der Waals surface area contributed by atoms with Gasteiger partial charge in [-0.05, 0) is 18.6 Å². The molecule has 1 aliphatic heterocycles. The van der Waals surface area contributed by atoms with Gasteiger partial charge in [0.15, 0.2) is 11.5 Å². The second-order valence-electron chi connectivity index (χ2n) is 4.43. The summed E-state index contributed by atoms with van der Waals surface area (Å²) < 4.78 is 10.8. The summed E-state index contributed by atoms with van der Waals surface area (Å²) >= 11 is 0. The Labute approximate surface area is 117 Å². The average Bonchev–Trinajstić information content (AvgIpc) is 2.44. The van der Waals surface area contributed by atoms with E-state index in [4.69, 9.17) is 9.47 Å². The quantitative estimate of drug-likeness (QED) is 0.796. The Morgan fingerprint density at radius 1 is 1.15 bits per heavy atom. The molecule has 0 radical (unpaired) electrons. The minimum atomic E-state index is -0.352. The maximum Gasteiger partial charge on any atom is 0.233 e. The van der Waals surface area contributed by atoms with Gasteiger partial charge in [-0.3, -0.25) is 9.59 Å². The van der Waals surface area contributed by atoms with Crippen molar-refractivity contribution >= 4 is 17.5 Å². The van der Waals surface area contributed by atoms with Crippen molar-refractivity contribution in [3.05, 3.63) is 18.2 Å². The van der Waals surface area contributed by atoms with Crippen LogP contribution in [0.3, 0.4) is 0 Å². The van der Waals surface area contributed by atoms with Crippen LogP contribution in [0.4, 0.5) is 5.69 Å². The third-order valence-corrected chi connectivity index (χ3v) is 2.72. The summed E-state index contributed by atoms with van der Waals surface area (Å²) in [7, 11) is 0. The Kier molecular flexibility index (Phi) is 4.81. The van der Waals surface area contributed by atoms with Crippen molar-refractivity contribution < 1.29 is 19.1 Å². The van der Waals surface area contributed by atoms with E-state index in [1.54, 1.807) is 18.2 Å². The number of carbonyl (C=O) groups excluding carboxylic acids is 2. The Morgan fingerprint density at radius 3 is 2.65 bits per heavy atom. The molecule has 0 bridgehead atoms. The molecular weight excluding hydrogens is 260 g/mol. The topological polar surface area (TPSA) is 76.7 Å². The van der Waals surface area contributed by atoms with Gasteiger partial charge in [-0.2, -0.15) is 0 Å². The molecule has 20 heavy (non-hydrogen) atoms. The fourth-order valence-corrected chi connectivity index (χ4v) is 1.80. The standard InChI is InChI=1S/C14H18N2O4/c1-2-5-15-13(17)9-14(18)16-10-3-4-11-12(8-10)20-7-6-19-11/h3-4,8H,2,5-7,9H2,1H3,(H,15,17)(H,16,18). The first-order valence-corrected chi connectivity index (χ1v) is 6.65. The number of anilines is 1. The third kappa shape index (κ3) is 3.88. The van der Waals surface area contributed by atoms with E-state index < -0.39 is 0 Å². The lowest BCUT2D eigenvalue weighted by Crippen LogP contribution is -2.28. The SMILES string of the molecule is CCCNC(=O)CC(=O)Nc1ccc2c(c1)OCCO2. The molecule has 0 aromatic heterocycles. The Bertz CT molecular complexity index is 502. The predicted molar refractivity (Wildman–Crippen MR) is 74.0 cm³/mol. The van der Waals surface area contributed by atoms with Crippen molar-refractivity contribution in [2.75, 3.05) is 25.1 Å². The molecule has 2 rings (SSSR count). The summed E-state index contributed by atoms with van der Waals surface area (Å²) in [5, 5.41) is 5.32. The van der Waals surface area contributed by atoms with Crippen LogP contribution in [0.5, 0.6) is 11.5 Å². The van der Waals surface area contributed by atoms with E-state index in [0.717, 1.165) is 6.42 Å². The van der Waals surface area contributed by atoms with Gasteiger partial charge in [0.05, 0.1) is 0 Å². The zero-order chi connectivity index (χ0) is 14.4. The molecule has 0 fully saturated rings. The van der Waals surface area contributed by atoms with Crippen molar-refractivity contribution in [1.82, 2.24) is 5.32 Å². The van der Waals surface area contributed by atoms with E-state index in [1.165, 1.54) is 0 Å². The average molecular weight is 278 g/mol. The minimum absolute atomic E-state index is 0.186. The summed E-state index contributed by atoms with van der Waals surface area (Å²) in [5.41, 5.74) is 0.586. The molecule has 6 nitrogen and oxygen atoms in total. The van der Waals surface area contributed by atoms with Crippen LogP contribution in [-0.2, 0) is 9.59 Å². The van der Waals surface area contributed by atoms with Crippen molar-refractivity contribution in [2.45, 2.75) is 19.8 Å². The number of hydrogen-bond acceptors (Lipinski definition) is 4. The molecule has 0 spiro atoms. The molecule has 0 unspecified atom stereocenters. The van der Waals surface area contributed by atoms with Crippen molar-refractivity contribution in [3.63, 3.8) is 0 Å². The number of fused-ring (bicyclic) bond motifs is 1. The van der Waals surface area contributed by atoms with Gasteiger partial charge in [0, 0.05) is 18.3 Å². The maximum absolute atomic E-state index is 11.7. The van der Waals surface area contributed by atoms with Crippen LogP contribution in [0.25, 0.3) is 0 Å². The number of hydrogen-bond donors (Lipinski definition) is 2. The second-order valence-corrected chi connectivity index (χ2v) is 4.43. The van der Waals surface area contributed by atoms with Crippen molar-refractivity contribution in [2.24, 2.45) is 0 Å². The number of carbonyl (C=O) groups is 2. The lowest BCUT2D eigenvalue weighted by atomic mass is 10.2. The number of ether oxygens (including phenoxy) is 2. The highest BCUT2D eigenvalue weighted by molar-refractivity contribution is 6.03. The Morgan fingerprint density at radius 2 is 1.90 bits per heavy atom. The molecule has 6 heteroatoms. The van der Waals surface area contributed by atoms with Gasteiger partial charge in [0.1, 0.15) is 19.6 Å². The molecule has 0 atom stereocenters. The lowest BCUT2D eigenvalue weighted by molar-refractivity contribution is -0.126. The highest BCUT2D eigenvalue weighted by atomic mass is 16.6. The fourth-order valence-electron chi connectivity index (χ4n) is 1.80. The van der Waals surface area contributed by atoms with Gasteiger partial charge in [-0.25, -0.2) is 0 Å². The number of rotatable bonds is 5. The zero-order valence-electron chi connectivity index (χ0n) is 11.4. The molecule has 0 saturated carbocycles. The molecule has 0 aliphatic carbocycles. The molecule has 0 saturated heterocycles. The van der Waals surface area contributed by atoms with Crippen LogP contribution in [0, 0.1) is 0 Å². The number of benzene rings is 1.